The number of piperazine rings is 1. The van der Waals surface area contributed by atoms with Gasteiger partial charge in [0.15, 0.2) is 0 Å². The highest BCUT2D eigenvalue weighted by atomic mass is 35.5. The second-order valence-corrected chi connectivity index (χ2v) is 6.10. The van der Waals surface area contributed by atoms with Crippen LogP contribution < -0.4 is 10.2 Å². The lowest BCUT2D eigenvalue weighted by molar-refractivity contribution is 0.590. The van der Waals surface area contributed by atoms with E-state index in [1.807, 2.05) is 6.07 Å². The summed E-state index contributed by atoms with van der Waals surface area (Å²) < 4.78 is 0. The average molecular weight is 340 g/mol. The van der Waals surface area contributed by atoms with E-state index in [-0.39, 0.29) is 12.4 Å². The van der Waals surface area contributed by atoms with Gasteiger partial charge in [-0.15, -0.1) is 12.4 Å². The van der Waals surface area contributed by atoms with Gasteiger partial charge in [0.25, 0.3) is 0 Å². The Morgan fingerprint density at radius 3 is 2.46 bits per heavy atom. The third kappa shape index (κ3) is 3.10. The van der Waals surface area contributed by atoms with Crippen molar-refractivity contribution in [1.29, 1.82) is 0 Å². The number of aromatic nitrogens is 1. The number of halogens is 1. The lowest BCUT2D eigenvalue weighted by Crippen LogP contribution is -2.43. The molecule has 0 saturated carbocycles. The number of pyridine rings is 1. The van der Waals surface area contributed by atoms with E-state index in [1.54, 1.807) is 0 Å². The second kappa shape index (κ2) is 7.20. The molecule has 0 spiro atoms. The van der Waals surface area contributed by atoms with Crippen molar-refractivity contribution < 1.29 is 0 Å². The Hall–Kier alpha value is -2.10. The first-order valence-corrected chi connectivity index (χ1v) is 8.24. The van der Waals surface area contributed by atoms with Crippen molar-refractivity contribution in [3.8, 4) is 11.3 Å². The van der Waals surface area contributed by atoms with E-state index in [4.69, 9.17) is 4.98 Å². The van der Waals surface area contributed by atoms with Gasteiger partial charge >= 0.3 is 0 Å². The van der Waals surface area contributed by atoms with Gasteiger partial charge in [-0.2, -0.15) is 0 Å². The third-order valence-electron chi connectivity index (χ3n) is 4.55. The molecule has 0 atom stereocenters. The van der Waals surface area contributed by atoms with E-state index in [2.05, 4.69) is 65.7 Å². The number of nitrogens with one attached hydrogen (secondary N) is 1. The topological polar surface area (TPSA) is 28.2 Å². The third-order valence-corrected chi connectivity index (χ3v) is 4.55. The lowest BCUT2D eigenvalue weighted by Gasteiger charge is -2.31. The minimum atomic E-state index is 0. The first kappa shape index (κ1) is 16.7. The molecule has 2 heterocycles. The Labute approximate surface area is 149 Å². The van der Waals surface area contributed by atoms with Crippen molar-refractivity contribution in [2.45, 2.75) is 6.92 Å². The molecule has 0 aliphatic carbocycles. The predicted molar refractivity (Wildman–Crippen MR) is 104 cm³/mol. The maximum Gasteiger partial charge on any atom is 0.0759 e. The highest BCUT2D eigenvalue weighted by Gasteiger charge is 2.16. The Kier molecular flexibility index (Phi) is 5.03. The van der Waals surface area contributed by atoms with Crippen LogP contribution in [0.15, 0.2) is 54.6 Å². The molecule has 3 nitrogen and oxygen atoms in total. The molecule has 0 unspecified atom stereocenters. The number of para-hydroxylation sites is 1. The summed E-state index contributed by atoms with van der Waals surface area (Å²) in [5.74, 6) is 0. The van der Waals surface area contributed by atoms with Gasteiger partial charge in [0.1, 0.15) is 0 Å². The maximum absolute atomic E-state index is 4.96. The summed E-state index contributed by atoms with van der Waals surface area (Å²) in [6.07, 6.45) is 0. The second-order valence-electron chi connectivity index (χ2n) is 6.10. The van der Waals surface area contributed by atoms with Crippen LogP contribution >= 0.6 is 12.4 Å². The molecule has 124 valence electrons. The molecule has 24 heavy (non-hydrogen) atoms. The Bertz CT molecular complexity index is 827. The van der Waals surface area contributed by atoms with E-state index in [1.165, 1.54) is 22.2 Å². The van der Waals surface area contributed by atoms with Gasteiger partial charge in [-0.25, -0.2) is 4.98 Å². The normalized spacial score (nSPS) is 14.5. The Morgan fingerprint density at radius 1 is 0.958 bits per heavy atom. The monoisotopic (exact) mass is 339 g/mol. The van der Waals surface area contributed by atoms with Crippen molar-refractivity contribution in [1.82, 2.24) is 10.3 Å². The SMILES string of the molecule is Cc1cccc2c(N3CCNCC3)cc(-c3ccccc3)nc12.Cl. The molecule has 4 heteroatoms. The van der Waals surface area contributed by atoms with Crippen LogP contribution in [0.5, 0.6) is 0 Å². The van der Waals surface area contributed by atoms with Crippen molar-refractivity contribution in [2.75, 3.05) is 31.1 Å². The van der Waals surface area contributed by atoms with Crippen LogP contribution in [-0.2, 0) is 0 Å². The molecule has 3 aromatic rings. The fourth-order valence-electron chi connectivity index (χ4n) is 3.30. The number of benzene rings is 2. The Morgan fingerprint density at radius 2 is 1.71 bits per heavy atom. The molecule has 0 amide bonds. The molecule has 1 fully saturated rings. The van der Waals surface area contributed by atoms with E-state index in [0.717, 1.165) is 37.4 Å². The number of hydrogen-bond acceptors (Lipinski definition) is 3. The average Bonchev–Trinajstić information content (AvgIpc) is 2.63. The zero-order valence-electron chi connectivity index (χ0n) is 13.8. The van der Waals surface area contributed by atoms with Crippen LogP contribution in [0.3, 0.4) is 0 Å². The molecule has 0 bridgehead atoms. The maximum atomic E-state index is 4.96. The summed E-state index contributed by atoms with van der Waals surface area (Å²) in [5, 5.41) is 4.69. The van der Waals surface area contributed by atoms with Crippen LogP contribution in [0.2, 0.25) is 0 Å². The highest BCUT2D eigenvalue weighted by Crippen LogP contribution is 2.32. The fraction of sp³-hybridized carbons (Fsp3) is 0.250. The first-order chi connectivity index (χ1) is 11.3. The number of hydrogen-bond donors (Lipinski definition) is 1. The van der Waals surface area contributed by atoms with E-state index >= 15 is 0 Å². The predicted octanol–water partition coefficient (Wildman–Crippen LogP) is 4.04. The minimum absolute atomic E-state index is 0. The van der Waals surface area contributed by atoms with Crippen LogP contribution in [0.4, 0.5) is 5.69 Å². The van der Waals surface area contributed by atoms with Crippen molar-refractivity contribution in [2.24, 2.45) is 0 Å². The van der Waals surface area contributed by atoms with Crippen molar-refractivity contribution in [3.05, 3.63) is 60.2 Å². The van der Waals surface area contributed by atoms with E-state index < -0.39 is 0 Å². The van der Waals surface area contributed by atoms with Gasteiger partial charge in [-0.3, -0.25) is 0 Å². The van der Waals surface area contributed by atoms with Crippen molar-refractivity contribution in [3.63, 3.8) is 0 Å². The first-order valence-electron chi connectivity index (χ1n) is 8.24. The molecule has 1 aliphatic heterocycles. The van der Waals surface area contributed by atoms with Crippen LogP contribution in [0.1, 0.15) is 5.56 Å². The summed E-state index contributed by atoms with van der Waals surface area (Å²) in [5.41, 5.74) is 5.88. The molecule has 1 saturated heterocycles. The molecule has 4 rings (SSSR count). The summed E-state index contributed by atoms with van der Waals surface area (Å²) in [6, 6.07) is 19.2. The van der Waals surface area contributed by atoms with Crippen molar-refractivity contribution >= 4 is 29.0 Å². The summed E-state index contributed by atoms with van der Waals surface area (Å²) in [7, 11) is 0. The van der Waals surface area contributed by atoms with Gasteiger partial charge in [0, 0.05) is 42.8 Å². The molecule has 1 aromatic heterocycles. The fourth-order valence-corrected chi connectivity index (χ4v) is 3.30. The van der Waals surface area contributed by atoms with E-state index in [9.17, 15) is 0 Å². The molecular formula is C20H22ClN3. The van der Waals surface area contributed by atoms with Crippen LogP contribution in [-0.4, -0.2) is 31.2 Å². The van der Waals surface area contributed by atoms with Gasteiger partial charge in [-0.05, 0) is 18.6 Å². The smallest absolute Gasteiger partial charge is 0.0759 e. The largest absolute Gasteiger partial charge is 0.368 e. The molecule has 2 aromatic carbocycles. The molecular weight excluding hydrogens is 318 g/mol. The lowest BCUT2D eigenvalue weighted by atomic mass is 10.0. The Balaban J connectivity index is 0.00000169. The van der Waals surface area contributed by atoms with Gasteiger partial charge in [0.05, 0.1) is 11.2 Å². The number of nitrogens with zero attached hydrogens (tertiary/aromatic N) is 2. The number of anilines is 1. The number of aryl methyl sites for hydroxylation is 1. The highest BCUT2D eigenvalue weighted by molar-refractivity contribution is 5.96. The van der Waals surface area contributed by atoms with Gasteiger partial charge in [0.2, 0.25) is 0 Å². The zero-order chi connectivity index (χ0) is 15.6. The molecule has 1 aliphatic rings. The number of rotatable bonds is 2. The number of fused-ring (bicyclic) bond motifs is 1. The standard InChI is InChI=1S/C20H21N3.ClH/c1-15-6-5-9-17-19(23-12-10-21-11-13-23)14-18(22-20(15)17)16-7-3-2-4-8-16;/h2-9,14,21H,10-13H2,1H3;1H. The molecule has 0 radical (unpaired) electrons. The quantitative estimate of drug-likeness (QED) is 0.763. The van der Waals surface area contributed by atoms with Crippen LogP contribution in [0.25, 0.3) is 22.2 Å². The van der Waals surface area contributed by atoms with Crippen LogP contribution in [0, 0.1) is 6.92 Å². The zero-order valence-corrected chi connectivity index (χ0v) is 14.6. The van der Waals surface area contributed by atoms with Gasteiger partial charge in [-0.1, -0.05) is 48.5 Å². The van der Waals surface area contributed by atoms with E-state index in [0.29, 0.717) is 0 Å². The summed E-state index contributed by atoms with van der Waals surface area (Å²) >= 11 is 0. The minimum Gasteiger partial charge on any atom is -0.368 e. The summed E-state index contributed by atoms with van der Waals surface area (Å²) in [4.78, 5) is 7.44. The molecule has 1 N–H and O–H groups in total. The van der Waals surface area contributed by atoms with Gasteiger partial charge < -0.3 is 10.2 Å². The summed E-state index contributed by atoms with van der Waals surface area (Å²) in [6.45, 7) is 6.31.